The van der Waals surface area contributed by atoms with Crippen molar-refractivity contribution >= 4 is 27.0 Å². The van der Waals surface area contributed by atoms with E-state index in [0.717, 1.165) is 12.0 Å². The highest BCUT2D eigenvalue weighted by Crippen LogP contribution is 2.37. The second-order valence-corrected chi connectivity index (χ2v) is 10.2. The summed E-state index contributed by atoms with van der Waals surface area (Å²) >= 11 is 1.23. The zero-order valence-electron chi connectivity index (χ0n) is 19.3. The molecule has 0 atom stereocenters. The number of methoxy groups -OCH3 is 1. The van der Waals surface area contributed by atoms with Crippen molar-refractivity contribution in [3.8, 4) is 33.7 Å². The summed E-state index contributed by atoms with van der Waals surface area (Å²) < 4.78 is 44.5. The van der Waals surface area contributed by atoms with E-state index in [9.17, 15) is 8.42 Å². The Hall–Kier alpha value is -3.37. The van der Waals surface area contributed by atoms with Crippen molar-refractivity contribution in [2.45, 2.75) is 25.2 Å². The van der Waals surface area contributed by atoms with Gasteiger partial charge in [0.15, 0.2) is 11.5 Å². The molecule has 0 N–H and O–H groups in total. The highest BCUT2D eigenvalue weighted by Gasteiger charge is 2.28. The molecule has 2 heterocycles. The largest absolute Gasteiger partial charge is 0.493 e. The Bertz CT molecular complexity index is 1380. The third-order valence-corrected chi connectivity index (χ3v) is 8.18. The topological polar surface area (TPSA) is 94.8 Å². The highest BCUT2D eigenvalue weighted by atomic mass is 32.2. The molecular weight excluding hydrogens is 474 g/mol. The van der Waals surface area contributed by atoms with Gasteiger partial charge < -0.3 is 14.0 Å². The van der Waals surface area contributed by atoms with Crippen LogP contribution < -0.4 is 13.8 Å². The van der Waals surface area contributed by atoms with Crippen LogP contribution in [0.25, 0.3) is 22.2 Å². The number of benzene rings is 2. The average molecular weight is 500 g/mol. The van der Waals surface area contributed by atoms with E-state index in [1.807, 2.05) is 19.1 Å². The molecule has 4 rings (SSSR count). The average Bonchev–Trinajstić information content (AvgIpc) is 3.54. The van der Waals surface area contributed by atoms with Gasteiger partial charge in [0, 0.05) is 12.6 Å². The lowest BCUT2D eigenvalue weighted by Gasteiger charge is -2.19. The van der Waals surface area contributed by atoms with Gasteiger partial charge in [0.2, 0.25) is 5.82 Å². The van der Waals surface area contributed by atoms with E-state index in [-0.39, 0.29) is 10.8 Å². The predicted octanol–water partition coefficient (Wildman–Crippen LogP) is 5.26. The van der Waals surface area contributed by atoms with Gasteiger partial charge in [-0.2, -0.15) is 4.98 Å². The van der Waals surface area contributed by atoms with Crippen LogP contribution in [0, 0.1) is 0 Å². The summed E-state index contributed by atoms with van der Waals surface area (Å²) in [5.74, 6) is 1.60. The molecule has 0 bridgehead atoms. The van der Waals surface area contributed by atoms with E-state index >= 15 is 0 Å². The van der Waals surface area contributed by atoms with E-state index in [1.165, 1.54) is 22.7 Å². The third kappa shape index (κ3) is 4.51. The van der Waals surface area contributed by atoms with Crippen LogP contribution >= 0.6 is 11.3 Å². The Kier molecular flexibility index (Phi) is 6.90. The van der Waals surface area contributed by atoms with E-state index in [4.69, 9.17) is 14.0 Å². The van der Waals surface area contributed by atoms with Crippen molar-refractivity contribution < 1.29 is 22.4 Å². The number of hydrogen-bond acceptors (Lipinski definition) is 8. The SMILES string of the molecule is CCOc1ccc(-c2noc(-c3sccc3S(=O)(=O)N(C)c3ccc(CC)cc3)n2)cc1OC. The molecule has 2 aromatic heterocycles. The first-order valence-electron chi connectivity index (χ1n) is 10.7. The van der Waals surface area contributed by atoms with E-state index < -0.39 is 10.0 Å². The molecule has 0 unspecified atom stereocenters. The first kappa shape index (κ1) is 23.8. The van der Waals surface area contributed by atoms with Crippen molar-refractivity contribution in [2.75, 3.05) is 25.1 Å². The van der Waals surface area contributed by atoms with Gasteiger partial charge in [-0.15, -0.1) is 11.3 Å². The molecule has 0 aliphatic heterocycles. The molecule has 0 amide bonds. The van der Waals surface area contributed by atoms with Gasteiger partial charge in [-0.25, -0.2) is 8.42 Å². The fraction of sp³-hybridized carbons (Fsp3) is 0.250. The molecule has 34 heavy (non-hydrogen) atoms. The van der Waals surface area contributed by atoms with Crippen molar-refractivity contribution in [1.29, 1.82) is 0 Å². The molecular formula is C24H25N3O5S2. The quantitative estimate of drug-likeness (QED) is 0.310. The lowest BCUT2D eigenvalue weighted by molar-refractivity contribution is 0.311. The number of rotatable bonds is 9. The smallest absolute Gasteiger partial charge is 0.269 e. The zero-order valence-corrected chi connectivity index (χ0v) is 20.9. The third-order valence-electron chi connectivity index (χ3n) is 5.32. The molecule has 8 nitrogen and oxygen atoms in total. The van der Waals surface area contributed by atoms with Gasteiger partial charge in [0.1, 0.15) is 9.77 Å². The summed E-state index contributed by atoms with van der Waals surface area (Å²) in [6.45, 7) is 4.45. The molecule has 0 saturated carbocycles. The van der Waals surface area contributed by atoms with Gasteiger partial charge in [0.25, 0.3) is 15.9 Å². The molecule has 0 radical (unpaired) electrons. The molecule has 10 heteroatoms. The molecule has 0 fully saturated rings. The fourth-order valence-corrected chi connectivity index (χ4v) is 5.91. The summed E-state index contributed by atoms with van der Waals surface area (Å²) in [4.78, 5) is 4.95. The summed E-state index contributed by atoms with van der Waals surface area (Å²) in [6, 6.07) is 14.3. The van der Waals surface area contributed by atoms with Crippen molar-refractivity contribution in [1.82, 2.24) is 10.1 Å². The number of nitrogens with zero attached hydrogens (tertiary/aromatic N) is 3. The predicted molar refractivity (Wildman–Crippen MR) is 132 cm³/mol. The maximum Gasteiger partial charge on any atom is 0.269 e. The number of aromatic nitrogens is 2. The van der Waals surface area contributed by atoms with Crippen LogP contribution in [0.4, 0.5) is 5.69 Å². The highest BCUT2D eigenvalue weighted by molar-refractivity contribution is 7.93. The minimum atomic E-state index is -3.85. The molecule has 2 aromatic carbocycles. The van der Waals surface area contributed by atoms with Crippen molar-refractivity contribution in [3.63, 3.8) is 0 Å². The normalized spacial score (nSPS) is 11.4. The summed E-state index contributed by atoms with van der Waals surface area (Å²) in [5.41, 5.74) is 2.36. The number of thiophene rings is 1. The lowest BCUT2D eigenvalue weighted by Crippen LogP contribution is -2.26. The van der Waals surface area contributed by atoms with E-state index in [2.05, 4.69) is 17.1 Å². The van der Waals surface area contributed by atoms with Crippen molar-refractivity contribution in [3.05, 3.63) is 59.5 Å². The summed E-state index contributed by atoms with van der Waals surface area (Å²) in [7, 11) is -0.761. The van der Waals surface area contributed by atoms with E-state index in [0.29, 0.717) is 40.1 Å². The Morgan fingerprint density at radius 3 is 2.50 bits per heavy atom. The van der Waals surface area contributed by atoms with Crippen LogP contribution in [0.1, 0.15) is 19.4 Å². The summed E-state index contributed by atoms with van der Waals surface area (Å²) in [6.07, 6.45) is 0.880. The summed E-state index contributed by atoms with van der Waals surface area (Å²) in [5, 5.41) is 5.75. The molecule has 0 spiro atoms. The van der Waals surface area contributed by atoms with Crippen molar-refractivity contribution in [2.24, 2.45) is 0 Å². The van der Waals surface area contributed by atoms with Crippen LogP contribution in [0.3, 0.4) is 0 Å². The standard InChI is InChI=1S/C24H25N3O5S2/c1-5-16-7-10-18(11-8-16)27(3)34(28,29)21-13-14-33-22(21)24-25-23(26-32-24)17-9-12-19(31-6-2)20(15-17)30-4/h7-15H,5-6H2,1-4H3. The minimum absolute atomic E-state index is 0.110. The zero-order chi connectivity index (χ0) is 24.3. The maximum atomic E-state index is 13.4. The van der Waals surface area contributed by atoms with Gasteiger partial charge in [-0.3, -0.25) is 4.31 Å². The monoisotopic (exact) mass is 499 g/mol. The second-order valence-electron chi connectivity index (χ2n) is 7.33. The van der Waals surface area contributed by atoms with Crippen LogP contribution in [0.5, 0.6) is 11.5 Å². The Labute approximate surface area is 202 Å². The van der Waals surface area contributed by atoms with Gasteiger partial charge >= 0.3 is 0 Å². The number of ether oxygens (including phenoxy) is 2. The fourth-order valence-electron chi connectivity index (χ4n) is 3.40. The van der Waals surface area contributed by atoms with Gasteiger partial charge in [-0.05, 0) is 60.7 Å². The van der Waals surface area contributed by atoms with Crippen LogP contribution in [-0.4, -0.2) is 39.3 Å². The minimum Gasteiger partial charge on any atom is -0.493 e. The Morgan fingerprint density at radius 1 is 1.06 bits per heavy atom. The molecule has 0 aliphatic carbocycles. The number of hydrogen-bond donors (Lipinski definition) is 0. The Morgan fingerprint density at radius 2 is 1.82 bits per heavy atom. The van der Waals surface area contributed by atoms with Gasteiger partial charge in [0.05, 0.1) is 19.4 Å². The molecule has 0 saturated heterocycles. The molecule has 178 valence electrons. The van der Waals surface area contributed by atoms with Crippen LogP contribution in [-0.2, 0) is 16.4 Å². The van der Waals surface area contributed by atoms with E-state index in [1.54, 1.807) is 48.9 Å². The van der Waals surface area contributed by atoms with Crippen LogP contribution in [0.15, 0.2) is 63.3 Å². The van der Waals surface area contributed by atoms with Gasteiger partial charge in [-0.1, -0.05) is 24.2 Å². The molecule has 4 aromatic rings. The number of aryl methyl sites for hydroxylation is 1. The number of anilines is 1. The molecule has 0 aliphatic rings. The second kappa shape index (κ2) is 9.86. The van der Waals surface area contributed by atoms with Crippen LogP contribution in [0.2, 0.25) is 0 Å². The first-order valence-corrected chi connectivity index (χ1v) is 13.0. The Balaban J connectivity index is 1.66. The first-order chi connectivity index (χ1) is 16.4. The lowest BCUT2D eigenvalue weighted by atomic mass is 10.1. The number of sulfonamides is 1. The maximum absolute atomic E-state index is 13.4.